The van der Waals surface area contributed by atoms with Gasteiger partial charge < -0.3 is 20.7 Å². The van der Waals surface area contributed by atoms with Crippen LogP contribution in [0.15, 0.2) is 33.8 Å². The summed E-state index contributed by atoms with van der Waals surface area (Å²) in [5, 5.41) is 28.5. The highest BCUT2D eigenvalue weighted by Crippen LogP contribution is 2.35. The lowest BCUT2D eigenvalue weighted by atomic mass is 9.85. The molecule has 0 aromatic rings. The summed E-state index contributed by atoms with van der Waals surface area (Å²) in [6.07, 6.45) is 8.62. The largest absolute Gasteiger partial charge is 0.504 e. The number of nitrogens with zero attached hydrogens (tertiary/aromatic N) is 1. The van der Waals surface area contributed by atoms with E-state index in [4.69, 9.17) is 20.8 Å². The van der Waals surface area contributed by atoms with Crippen molar-refractivity contribution in [3.63, 3.8) is 0 Å². The van der Waals surface area contributed by atoms with E-state index in [1.807, 2.05) is 0 Å². The molecule has 0 bridgehead atoms. The van der Waals surface area contributed by atoms with E-state index in [2.05, 4.69) is 0 Å². The van der Waals surface area contributed by atoms with E-state index < -0.39 is 17.3 Å². The molecule has 1 amide bonds. The molecule has 0 aromatic carbocycles. The Hall–Kier alpha value is -2.59. The van der Waals surface area contributed by atoms with E-state index in [9.17, 15) is 14.7 Å². The summed E-state index contributed by atoms with van der Waals surface area (Å²) >= 11 is 0. The van der Waals surface area contributed by atoms with Crippen LogP contribution in [-0.2, 0) is 14.3 Å². The predicted octanol–water partition coefficient (Wildman–Crippen LogP) is 3.11. The first kappa shape index (κ1) is 23.4. The van der Waals surface area contributed by atoms with Crippen molar-refractivity contribution in [2.24, 2.45) is 5.73 Å². The lowest BCUT2D eigenvalue weighted by Crippen LogP contribution is -2.24. The number of ketones is 1. The smallest absolute Gasteiger partial charge is 0.260 e. The van der Waals surface area contributed by atoms with Crippen LogP contribution in [0, 0.1) is 11.3 Å². The Kier molecular flexibility index (Phi) is 10.0. The van der Waals surface area contributed by atoms with Crippen molar-refractivity contribution < 1.29 is 24.5 Å². The third-order valence-electron chi connectivity index (χ3n) is 4.90. The summed E-state index contributed by atoms with van der Waals surface area (Å²) in [6, 6.07) is 1.63. The van der Waals surface area contributed by atoms with E-state index in [-0.39, 0.29) is 23.7 Å². The van der Waals surface area contributed by atoms with Crippen molar-refractivity contribution in [1.82, 2.24) is 0 Å². The Morgan fingerprint density at radius 3 is 2.11 bits per heavy atom. The van der Waals surface area contributed by atoms with Crippen LogP contribution in [0.2, 0.25) is 0 Å². The summed E-state index contributed by atoms with van der Waals surface area (Å²) in [4.78, 5) is 24.2. The van der Waals surface area contributed by atoms with Crippen molar-refractivity contribution in [2.45, 2.75) is 64.7 Å². The van der Waals surface area contributed by atoms with Gasteiger partial charge in [-0.2, -0.15) is 5.26 Å². The Morgan fingerprint density at radius 2 is 1.64 bits per heavy atom. The Balaban J connectivity index is 2.78. The average molecular weight is 390 g/mol. The van der Waals surface area contributed by atoms with Crippen molar-refractivity contribution in [1.29, 1.82) is 5.26 Å². The van der Waals surface area contributed by atoms with Gasteiger partial charge in [0.05, 0.1) is 12.7 Å². The van der Waals surface area contributed by atoms with Gasteiger partial charge in [0.25, 0.3) is 5.91 Å². The lowest BCUT2D eigenvalue weighted by molar-refractivity contribution is -0.116. The number of Topliss-reactive ketones (excluding diaryl/α,β-unsaturated/α-hetero) is 1. The highest BCUT2D eigenvalue weighted by molar-refractivity contribution is 6.18. The van der Waals surface area contributed by atoms with Crippen LogP contribution in [0.4, 0.5) is 0 Å². The van der Waals surface area contributed by atoms with Gasteiger partial charge in [-0.05, 0) is 26.2 Å². The molecular formula is C21H30N2O5. The molecule has 0 fully saturated rings. The SMILES string of the molecule is COC1=C(O)C(CCCCCCCCCCO)=C(C)C(=O)/C1=C(/C#N)C(N)=O. The number of ether oxygens (including phenoxy) is 1. The van der Waals surface area contributed by atoms with Crippen molar-refractivity contribution in [3.8, 4) is 6.07 Å². The molecule has 0 unspecified atom stereocenters. The molecule has 154 valence electrons. The number of aliphatic hydroxyl groups excluding tert-OH is 2. The zero-order valence-electron chi connectivity index (χ0n) is 16.7. The molecule has 7 heteroatoms. The van der Waals surface area contributed by atoms with Crippen LogP contribution in [0.3, 0.4) is 0 Å². The van der Waals surface area contributed by atoms with Crippen LogP contribution >= 0.6 is 0 Å². The molecular weight excluding hydrogens is 360 g/mol. The lowest BCUT2D eigenvalue weighted by Gasteiger charge is -2.22. The summed E-state index contributed by atoms with van der Waals surface area (Å²) in [5.74, 6) is -1.95. The number of carbonyl (C=O) groups is 2. The summed E-state index contributed by atoms with van der Waals surface area (Å²) < 4.78 is 5.13. The molecule has 0 aromatic heterocycles. The Bertz CT molecular complexity index is 726. The number of methoxy groups -OCH3 is 1. The maximum Gasteiger partial charge on any atom is 0.260 e. The second-order valence-corrected chi connectivity index (χ2v) is 6.84. The first-order valence-electron chi connectivity index (χ1n) is 9.68. The number of allylic oxidation sites excluding steroid dienone is 3. The molecule has 0 atom stereocenters. The normalized spacial score (nSPS) is 16.3. The van der Waals surface area contributed by atoms with E-state index in [1.165, 1.54) is 7.11 Å². The summed E-state index contributed by atoms with van der Waals surface area (Å²) in [6.45, 7) is 1.82. The van der Waals surface area contributed by atoms with Gasteiger partial charge in [-0.1, -0.05) is 38.5 Å². The van der Waals surface area contributed by atoms with E-state index in [1.54, 1.807) is 13.0 Å². The minimum atomic E-state index is -1.04. The van der Waals surface area contributed by atoms with Gasteiger partial charge in [0.1, 0.15) is 11.6 Å². The molecule has 0 aliphatic heterocycles. The van der Waals surface area contributed by atoms with Crippen LogP contribution in [0.25, 0.3) is 0 Å². The molecule has 0 heterocycles. The molecule has 1 rings (SSSR count). The number of nitriles is 1. The average Bonchev–Trinajstić information content (AvgIpc) is 2.67. The number of aliphatic hydroxyl groups is 2. The van der Waals surface area contributed by atoms with Gasteiger partial charge in [-0.15, -0.1) is 0 Å². The molecule has 7 nitrogen and oxygen atoms in total. The number of nitrogens with two attached hydrogens (primary N) is 1. The Morgan fingerprint density at radius 1 is 1.11 bits per heavy atom. The fourth-order valence-electron chi connectivity index (χ4n) is 3.30. The molecule has 1 aliphatic carbocycles. The number of hydrogen-bond donors (Lipinski definition) is 3. The van der Waals surface area contributed by atoms with E-state index >= 15 is 0 Å². The van der Waals surface area contributed by atoms with Crippen molar-refractivity contribution in [2.75, 3.05) is 13.7 Å². The quantitative estimate of drug-likeness (QED) is 0.266. The number of amides is 1. The molecule has 0 saturated carbocycles. The minimum absolute atomic E-state index is 0.176. The predicted molar refractivity (Wildman–Crippen MR) is 105 cm³/mol. The molecule has 0 spiro atoms. The zero-order valence-corrected chi connectivity index (χ0v) is 16.7. The van der Waals surface area contributed by atoms with Gasteiger partial charge in [-0.3, -0.25) is 9.59 Å². The third kappa shape index (κ3) is 5.96. The number of hydrogen-bond acceptors (Lipinski definition) is 6. The van der Waals surface area contributed by atoms with Crippen molar-refractivity contribution in [3.05, 3.63) is 33.8 Å². The molecule has 0 radical (unpaired) electrons. The number of unbranched alkanes of at least 4 members (excludes halogenated alkanes) is 7. The first-order valence-corrected chi connectivity index (χ1v) is 9.68. The summed E-state index contributed by atoms with van der Waals surface area (Å²) in [7, 11) is 1.27. The zero-order chi connectivity index (χ0) is 21.1. The maximum absolute atomic E-state index is 12.7. The maximum atomic E-state index is 12.7. The monoisotopic (exact) mass is 390 g/mol. The Labute approximate surface area is 166 Å². The van der Waals surface area contributed by atoms with Crippen LogP contribution in [0.1, 0.15) is 64.7 Å². The fourth-order valence-corrected chi connectivity index (χ4v) is 3.30. The van der Waals surface area contributed by atoms with Crippen LogP contribution < -0.4 is 5.73 Å². The second kappa shape index (κ2) is 12.0. The van der Waals surface area contributed by atoms with Gasteiger partial charge in [-0.25, -0.2) is 0 Å². The number of rotatable bonds is 12. The highest BCUT2D eigenvalue weighted by atomic mass is 16.5. The molecule has 1 aliphatic rings. The molecule has 28 heavy (non-hydrogen) atoms. The van der Waals surface area contributed by atoms with E-state index in [0.29, 0.717) is 17.6 Å². The second-order valence-electron chi connectivity index (χ2n) is 6.84. The first-order chi connectivity index (χ1) is 13.4. The fraction of sp³-hybridized carbons (Fsp3) is 0.571. The topological polar surface area (TPSA) is 134 Å². The molecule has 4 N–H and O–H groups in total. The highest BCUT2D eigenvalue weighted by Gasteiger charge is 2.34. The molecule has 0 saturated heterocycles. The van der Waals surface area contributed by atoms with E-state index in [0.717, 1.165) is 51.4 Å². The third-order valence-corrected chi connectivity index (χ3v) is 4.90. The standard InChI is InChI=1S/C21H30N2O5/c1-14-15(11-9-7-5-3-4-6-8-10-12-24)19(26)20(28-2)17(18(14)25)16(13-22)21(23)27/h24,26H,3-12H2,1-2H3,(H2,23,27)/b17-16+. The van der Waals surface area contributed by atoms with Gasteiger partial charge in [0, 0.05) is 17.8 Å². The van der Waals surface area contributed by atoms with Gasteiger partial charge in [0.2, 0.25) is 0 Å². The minimum Gasteiger partial charge on any atom is -0.504 e. The van der Waals surface area contributed by atoms with Gasteiger partial charge in [0.15, 0.2) is 17.3 Å². The number of primary amides is 1. The van der Waals surface area contributed by atoms with Gasteiger partial charge >= 0.3 is 0 Å². The van der Waals surface area contributed by atoms with Crippen LogP contribution in [-0.4, -0.2) is 35.6 Å². The number of carbonyl (C=O) groups excluding carboxylic acids is 2. The summed E-state index contributed by atoms with van der Waals surface area (Å²) in [5.41, 5.74) is 5.17. The van der Waals surface area contributed by atoms with Crippen molar-refractivity contribution >= 4 is 11.7 Å². The van der Waals surface area contributed by atoms with Crippen LogP contribution in [0.5, 0.6) is 0 Å².